The van der Waals surface area contributed by atoms with Crippen molar-refractivity contribution < 1.29 is 27.5 Å². The summed E-state index contributed by atoms with van der Waals surface area (Å²) >= 11 is 1.57. The van der Waals surface area contributed by atoms with Crippen molar-refractivity contribution in [1.29, 1.82) is 0 Å². The summed E-state index contributed by atoms with van der Waals surface area (Å²) in [6.07, 6.45) is -4.93. The van der Waals surface area contributed by atoms with Crippen LogP contribution in [0.25, 0.3) is 0 Å². The summed E-state index contributed by atoms with van der Waals surface area (Å²) in [6.45, 7) is 1.78. The second-order valence-corrected chi connectivity index (χ2v) is 4.40. The third-order valence-corrected chi connectivity index (χ3v) is 2.87. The van der Waals surface area contributed by atoms with Crippen molar-refractivity contribution in [2.75, 3.05) is 6.61 Å². The lowest BCUT2D eigenvalue weighted by Gasteiger charge is -2.08. The van der Waals surface area contributed by atoms with Gasteiger partial charge in [0.1, 0.15) is 0 Å². The molecule has 0 amide bonds. The maximum atomic E-state index is 12.3. The number of esters is 1. The molecule has 0 radical (unpaired) electrons. The third kappa shape index (κ3) is 3.44. The largest absolute Gasteiger partial charge is 0.462 e. The molecule has 0 N–H and O–H groups in total. The Hall–Kier alpha value is -1.12. The minimum absolute atomic E-state index is 0.0560. The highest BCUT2D eigenvalue weighted by atomic mass is 127. The topological polar surface area (TPSA) is 43.4 Å². The van der Waals surface area contributed by atoms with E-state index in [1.54, 1.807) is 29.5 Å². The zero-order valence-corrected chi connectivity index (χ0v) is 11.3. The molecule has 3 nitrogen and oxygen atoms in total. The Bertz CT molecular complexity index is 483. The van der Waals surface area contributed by atoms with Crippen LogP contribution < -0.4 is 0 Å². The zero-order valence-electron chi connectivity index (χ0n) is 9.18. The van der Waals surface area contributed by atoms with Crippen LogP contribution in [0.5, 0.6) is 0 Å². The van der Waals surface area contributed by atoms with Gasteiger partial charge in [0.25, 0.3) is 5.78 Å². The van der Waals surface area contributed by atoms with Gasteiger partial charge in [0.15, 0.2) is 0 Å². The van der Waals surface area contributed by atoms with Gasteiger partial charge in [-0.05, 0) is 47.7 Å². The number of alkyl halides is 3. The minimum Gasteiger partial charge on any atom is -0.462 e. The first-order valence-electron chi connectivity index (χ1n) is 4.85. The molecule has 0 saturated heterocycles. The Kier molecular flexibility index (Phi) is 4.71. The van der Waals surface area contributed by atoms with Crippen LogP contribution in [0.15, 0.2) is 18.2 Å². The third-order valence-electron chi connectivity index (χ3n) is 1.98. The van der Waals surface area contributed by atoms with Crippen LogP contribution in [0.2, 0.25) is 0 Å². The molecule has 1 aromatic carbocycles. The molecule has 0 atom stereocenters. The lowest BCUT2D eigenvalue weighted by molar-refractivity contribution is -0.0885. The van der Waals surface area contributed by atoms with Crippen molar-refractivity contribution in [3.63, 3.8) is 0 Å². The van der Waals surface area contributed by atoms with E-state index in [1.807, 2.05) is 0 Å². The monoisotopic (exact) mass is 372 g/mol. The van der Waals surface area contributed by atoms with Crippen molar-refractivity contribution in [2.45, 2.75) is 13.1 Å². The van der Waals surface area contributed by atoms with Crippen molar-refractivity contribution in [1.82, 2.24) is 0 Å². The molecule has 7 heteroatoms. The number of ether oxygens (including phenoxy) is 1. The number of hydrogen-bond acceptors (Lipinski definition) is 3. The average molecular weight is 372 g/mol. The average Bonchev–Trinajstić information content (AvgIpc) is 2.27. The fourth-order valence-electron chi connectivity index (χ4n) is 1.19. The van der Waals surface area contributed by atoms with Crippen molar-refractivity contribution in [3.8, 4) is 0 Å². The van der Waals surface area contributed by atoms with Gasteiger partial charge in [0, 0.05) is 9.13 Å². The molecule has 0 unspecified atom stereocenters. The first-order valence-corrected chi connectivity index (χ1v) is 5.93. The quantitative estimate of drug-likeness (QED) is 0.465. The summed E-state index contributed by atoms with van der Waals surface area (Å²) in [5.74, 6) is -2.57. The lowest BCUT2D eigenvalue weighted by atomic mass is 10.1. The summed E-state index contributed by atoms with van der Waals surface area (Å²) in [5.41, 5.74) is -0.365. The minimum atomic E-state index is -4.93. The second kappa shape index (κ2) is 5.68. The highest BCUT2D eigenvalue weighted by Crippen LogP contribution is 2.25. The molecule has 0 aliphatic heterocycles. The Morgan fingerprint density at radius 1 is 1.33 bits per heavy atom. The molecule has 0 aromatic heterocycles. The van der Waals surface area contributed by atoms with Gasteiger partial charge in [0.05, 0.1) is 12.2 Å². The number of hydrogen-bond donors (Lipinski definition) is 0. The summed E-state index contributed by atoms with van der Waals surface area (Å²) in [4.78, 5) is 22.4. The van der Waals surface area contributed by atoms with Crippen LogP contribution in [0.4, 0.5) is 13.2 Å². The Morgan fingerprint density at radius 2 is 1.94 bits per heavy atom. The van der Waals surface area contributed by atoms with Gasteiger partial charge in [-0.25, -0.2) is 4.79 Å². The van der Waals surface area contributed by atoms with E-state index in [1.165, 1.54) is 6.07 Å². The van der Waals surface area contributed by atoms with Crippen LogP contribution in [0.1, 0.15) is 27.6 Å². The molecule has 18 heavy (non-hydrogen) atoms. The predicted octanol–water partition coefficient (Wildman–Crippen LogP) is 3.21. The molecule has 0 aliphatic rings. The van der Waals surface area contributed by atoms with Crippen molar-refractivity contribution in [3.05, 3.63) is 32.9 Å². The molecule has 0 bridgehead atoms. The molecule has 0 heterocycles. The number of rotatable bonds is 3. The fourth-order valence-corrected chi connectivity index (χ4v) is 1.95. The van der Waals surface area contributed by atoms with E-state index in [4.69, 9.17) is 4.74 Å². The predicted molar refractivity (Wildman–Crippen MR) is 65.5 cm³/mol. The van der Waals surface area contributed by atoms with Gasteiger partial charge in [-0.2, -0.15) is 13.2 Å². The van der Waals surface area contributed by atoms with Gasteiger partial charge in [-0.15, -0.1) is 0 Å². The zero-order chi connectivity index (χ0) is 13.9. The first-order chi connectivity index (χ1) is 8.27. The van der Waals surface area contributed by atoms with E-state index in [-0.39, 0.29) is 15.7 Å². The van der Waals surface area contributed by atoms with E-state index in [0.29, 0.717) is 0 Å². The maximum Gasteiger partial charge on any atom is 0.454 e. The van der Waals surface area contributed by atoms with Crippen LogP contribution in [0.3, 0.4) is 0 Å². The highest BCUT2D eigenvalue weighted by Gasteiger charge is 2.40. The fraction of sp³-hybridized carbons (Fsp3) is 0.273. The summed E-state index contributed by atoms with van der Waals surface area (Å²) < 4.78 is 41.5. The van der Waals surface area contributed by atoms with E-state index in [9.17, 15) is 22.8 Å². The van der Waals surface area contributed by atoms with E-state index in [2.05, 4.69) is 0 Å². The maximum absolute atomic E-state index is 12.3. The molecule has 1 rings (SSSR count). The van der Waals surface area contributed by atoms with Crippen LogP contribution in [-0.4, -0.2) is 24.5 Å². The van der Waals surface area contributed by atoms with E-state index in [0.717, 1.165) is 12.1 Å². The SMILES string of the molecule is CCOC(=O)c1ccc(C(=O)C(F)(F)F)c(I)c1. The Balaban J connectivity index is 3.07. The highest BCUT2D eigenvalue weighted by molar-refractivity contribution is 14.1. The van der Waals surface area contributed by atoms with Gasteiger partial charge < -0.3 is 4.74 Å². The number of Topliss-reactive ketones (excluding diaryl/α,β-unsaturated/α-hetero) is 1. The van der Waals surface area contributed by atoms with Gasteiger partial charge >= 0.3 is 12.1 Å². The first kappa shape index (κ1) is 14.9. The van der Waals surface area contributed by atoms with Crippen molar-refractivity contribution >= 4 is 34.3 Å². The molecular weight excluding hydrogens is 364 g/mol. The number of ketones is 1. The van der Waals surface area contributed by atoms with Crippen molar-refractivity contribution in [2.24, 2.45) is 0 Å². The number of benzene rings is 1. The molecule has 0 fully saturated rings. The van der Waals surface area contributed by atoms with Gasteiger partial charge in [0.2, 0.25) is 0 Å². The Labute approximate surface area is 114 Å². The van der Waals surface area contributed by atoms with Gasteiger partial charge in [-0.1, -0.05) is 0 Å². The molecule has 0 spiro atoms. The summed E-state index contributed by atoms with van der Waals surface area (Å²) in [5, 5.41) is 0. The van der Waals surface area contributed by atoms with Gasteiger partial charge in [-0.3, -0.25) is 4.79 Å². The smallest absolute Gasteiger partial charge is 0.454 e. The Morgan fingerprint density at radius 3 is 2.39 bits per heavy atom. The molecule has 98 valence electrons. The number of carbonyl (C=O) groups is 2. The molecule has 1 aromatic rings. The lowest BCUT2D eigenvalue weighted by Crippen LogP contribution is -2.23. The number of carbonyl (C=O) groups excluding carboxylic acids is 2. The van der Waals surface area contributed by atoms with E-state index < -0.39 is 23.5 Å². The molecular formula is C11H8F3IO3. The molecule has 0 aliphatic carbocycles. The van der Waals surface area contributed by atoms with Crippen LogP contribution in [0, 0.1) is 3.57 Å². The normalized spacial score (nSPS) is 11.2. The second-order valence-electron chi connectivity index (χ2n) is 3.24. The van der Waals surface area contributed by atoms with Crippen LogP contribution in [-0.2, 0) is 4.74 Å². The number of halogens is 4. The summed E-state index contributed by atoms with van der Waals surface area (Å²) in [6, 6.07) is 3.31. The summed E-state index contributed by atoms with van der Waals surface area (Å²) in [7, 11) is 0. The molecule has 0 saturated carbocycles. The van der Waals surface area contributed by atoms with E-state index >= 15 is 0 Å². The van der Waals surface area contributed by atoms with Crippen LogP contribution >= 0.6 is 22.6 Å². The standard InChI is InChI=1S/C11H8F3IO3/c1-2-18-10(17)6-3-4-7(8(15)5-6)9(16)11(12,13)14/h3-5H,2H2,1H3.